The van der Waals surface area contributed by atoms with Crippen molar-refractivity contribution in [2.45, 2.75) is 12.5 Å². The molecule has 1 aromatic heterocycles. The summed E-state index contributed by atoms with van der Waals surface area (Å²) in [7, 11) is 0. The number of amides is 1. The second-order valence-electron chi connectivity index (χ2n) is 4.64. The first-order valence-electron chi connectivity index (χ1n) is 6.47. The average molecular weight is 306 g/mol. The van der Waals surface area contributed by atoms with Crippen LogP contribution in [0.4, 0.5) is 5.69 Å². The van der Waals surface area contributed by atoms with Gasteiger partial charge in [0, 0.05) is 0 Å². The van der Waals surface area contributed by atoms with E-state index >= 15 is 0 Å². The van der Waals surface area contributed by atoms with Gasteiger partial charge in [-0.1, -0.05) is 41.9 Å². The molecule has 21 heavy (non-hydrogen) atoms. The largest absolute Gasteiger partial charge is 0.397 e. The van der Waals surface area contributed by atoms with Crippen molar-refractivity contribution in [3.8, 4) is 0 Å². The van der Waals surface area contributed by atoms with Crippen LogP contribution < -0.4 is 11.1 Å². The third-order valence-electron chi connectivity index (χ3n) is 3.03. The molecule has 1 heterocycles. The van der Waals surface area contributed by atoms with Crippen LogP contribution in [0.25, 0.3) is 0 Å². The Hall–Kier alpha value is -2.11. The third kappa shape index (κ3) is 4.18. The van der Waals surface area contributed by atoms with Crippen molar-refractivity contribution in [1.82, 2.24) is 10.3 Å². The van der Waals surface area contributed by atoms with E-state index < -0.39 is 6.04 Å². The molecule has 0 spiro atoms. The van der Waals surface area contributed by atoms with Crippen LogP contribution in [0, 0.1) is 0 Å². The van der Waals surface area contributed by atoms with Gasteiger partial charge in [-0.25, -0.2) is 4.98 Å². The van der Waals surface area contributed by atoms with E-state index in [1.165, 1.54) is 12.3 Å². The lowest BCUT2D eigenvalue weighted by molar-refractivity contribution is 0.0917. The SMILES string of the molecule is Nc1cnc(Cl)cc1C(=O)N[C@@H](CO)Cc1ccccc1. The molecular formula is C15H16ClN3O2. The van der Waals surface area contributed by atoms with Gasteiger partial charge in [-0.15, -0.1) is 0 Å². The van der Waals surface area contributed by atoms with Gasteiger partial charge in [-0.2, -0.15) is 0 Å². The van der Waals surface area contributed by atoms with Gasteiger partial charge in [0.25, 0.3) is 5.91 Å². The first kappa shape index (κ1) is 15.3. The van der Waals surface area contributed by atoms with Crippen molar-refractivity contribution in [2.24, 2.45) is 0 Å². The lowest BCUT2D eigenvalue weighted by Gasteiger charge is -2.17. The number of carbonyl (C=O) groups is 1. The van der Waals surface area contributed by atoms with Gasteiger partial charge in [0.05, 0.1) is 30.1 Å². The van der Waals surface area contributed by atoms with Crippen LogP contribution in [0.15, 0.2) is 42.6 Å². The maximum absolute atomic E-state index is 12.2. The number of halogens is 1. The zero-order chi connectivity index (χ0) is 15.2. The maximum atomic E-state index is 12.2. The van der Waals surface area contributed by atoms with Crippen molar-refractivity contribution in [1.29, 1.82) is 0 Å². The predicted molar refractivity (Wildman–Crippen MR) is 82.1 cm³/mol. The Balaban J connectivity index is 2.07. The topological polar surface area (TPSA) is 88.2 Å². The molecule has 0 aliphatic rings. The molecule has 0 saturated carbocycles. The monoisotopic (exact) mass is 305 g/mol. The Bertz CT molecular complexity index is 620. The molecule has 1 aromatic carbocycles. The number of hydrogen-bond acceptors (Lipinski definition) is 4. The second-order valence-corrected chi connectivity index (χ2v) is 5.02. The fraction of sp³-hybridized carbons (Fsp3) is 0.200. The van der Waals surface area contributed by atoms with Gasteiger partial charge < -0.3 is 16.2 Å². The number of pyridine rings is 1. The summed E-state index contributed by atoms with van der Waals surface area (Å²) in [5, 5.41) is 12.4. The summed E-state index contributed by atoms with van der Waals surface area (Å²) < 4.78 is 0. The minimum atomic E-state index is -0.397. The molecule has 0 aliphatic carbocycles. The third-order valence-corrected chi connectivity index (χ3v) is 3.23. The molecule has 0 unspecified atom stereocenters. The molecular weight excluding hydrogens is 290 g/mol. The molecule has 110 valence electrons. The van der Waals surface area contributed by atoms with Crippen LogP contribution >= 0.6 is 11.6 Å². The minimum Gasteiger partial charge on any atom is -0.397 e. The molecule has 5 nitrogen and oxygen atoms in total. The van der Waals surface area contributed by atoms with E-state index in [0.717, 1.165) is 5.56 Å². The standard InChI is InChI=1S/C15H16ClN3O2/c16-14-7-12(13(17)8-18-14)15(21)19-11(9-20)6-10-4-2-1-3-5-10/h1-5,7-8,11,20H,6,9,17H2,(H,19,21)/t11-/m1/s1. The van der Waals surface area contributed by atoms with Crippen LogP contribution in [0.3, 0.4) is 0 Å². The highest BCUT2D eigenvalue weighted by molar-refractivity contribution is 6.29. The number of benzene rings is 1. The Morgan fingerprint density at radius 1 is 1.38 bits per heavy atom. The number of aromatic nitrogens is 1. The van der Waals surface area contributed by atoms with E-state index in [0.29, 0.717) is 6.42 Å². The first-order valence-corrected chi connectivity index (χ1v) is 6.84. The van der Waals surface area contributed by atoms with Gasteiger partial charge in [-0.05, 0) is 18.1 Å². The smallest absolute Gasteiger partial charge is 0.253 e. The number of nitrogen functional groups attached to an aromatic ring is 1. The summed E-state index contributed by atoms with van der Waals surface area (Å²) in [6.07, 6.45) is 1.87. The summed E-state index contributed by atoms with van der Waals surface area (Å²) in [6, 6.07) is 10.6. The quantitative estimate of drug-likeness (QED) is 0.733. The molecule has 0 radical (unpaired) electrons. The van der Waals surface area contributed by atoms with Crippen LogP contribution in [0.5, 0.6) is 0 Å². The molecule has 1 atom stereocenters. The fourth-order valence-corrected chi connectivity index (χ4v) is 2.12. The van der Waals surface area contributed by atoms with E-state index in [9.17, 15) is 9.90 Å². The highest BCUT2D eigenvalue weighted by atomic mass is 35.5. The second kappa shape index (κ2) is 7.06. The van der Waals surface area contributed by atoms with Gasteiger partial charge in [0.2, 0.25) is 0 Å². The van der Waals surface area contributed by atoms with Crippen LogP contribution in [0.2, 0.25) is 5.15 Å². The minimum absolute atomic E-state index is 0.167. The molecule has 0 bridgehead atoms. The number of carbonyl (C=O) groups excluding carboxylic acids is 1. The van der Waals surface area contributed by atoms with Gasteiger partial charge in [0.15, 0.2) is 0 Å². The van der Waals surface area contributed by atoms with Gasteiger partial charge in [0.1, 0.15) is 5.15 Å². The number of anilines is 1. The number of hydrogen-bond donors (Lipinski definition) is 3. The van der Waals surface area contributed by atoms with Crippen molar-refractivity contribution in [2.75, 3.05) is 12.3 Å². The average Bonchev–Trinajstić information content (AvgIpc) is 2.50. The Morgan fingerprint density at radius 3 is 2.76 bits per heavy atom. The fourth-order valence-electron chi connectivity index (χ4n) is 1.96. The number of aliphatic hydroxyl groups excluding tert-OH is 1. The number of aliphatic hydroxyl groups is 1. The van der Waals surface area contributed by atoms with Crippen molar-refractivity contribution < 1.29 is 9.90 Å². The van der Waals surface area contributed by atoms with E-state index in [1.54, 1.807) is 0 Å². The molecule has 2 aromatic rings. The predicted octanol–water partition coefficient (Wildman–Crippen LogP) is 1.65. The van der Waals surface area contributed by atoms with Gasteiger partial charge >= 0.3 is 0 Å². The number of nitrogens with zero attached hydrogens (tertiary/aromatic N) is 1. The Kier molecular flexibility index (Phi) is 5.14. The summed E-state index contributed by atoms with van der Waals surface area (Å²) in [6.45, 7) is -0.167. The molecule has 4 N–H and O–H groups in total. The van der Waals surface area contributed by atoms with E-state index in [4.69, 9.17) is 17.3 Å². The summed E-state index contributed by atoms with van der Waals surface area (Å²) >= 11 is 5.77. The molecule has 0 saturated heterocycles. The maximum Gasteiger partial charge on any atom is 0.253 e. The number of nitrogens with two attached hydrogens (primary N) is 1. The summed E-state index contributed by atoms with van der Waals surface area (Å²) in [4.78, 5) is 16.0. The van der Waals surface area contributed by atoms with Crippen LogP contribution in [0.1, 0.15) is 15.9 Å². The number of rotatable bonds is 5. The zero-order valence-corrected chi connectivity index (χ0v) is 12.0. The van der Waals surface area contributed by atoms with E-state index in [-0.39, 0.29) is 28.9 Å². The lowest BCUT2D eigenvalue weighted by atomic mass is 10.1. The molecule has 2 rings (SSSR count). The van der Waals surface area contributed by atoms with Gasteiger partial charge in [-0.3, -0.25) is 4.79 Å². The van der Waals surface area contributed by atoms with Crippen molar-refractivity contribution in [3.05, 3.63) is 58.9 Å². The number of nitrogens with one attached hydrogen (secondary N) is 1. The van der Waals surface area contributed by atoms with E-state index in [1.807, 2.05) is 30.3 Å². The Morgan fingerprint density at radius 2 is 2.10 bits per heavy atom. The molecule has 6 heteroatoms. The zero-order valence-electron chi connectivity index (χ0n) is 11.3. The molecule has 1 amide bonds. The highest BCUT2D eigenvalue weighted by Crippen LogP contribution is 2.15. The van der Waals surface area contributed by atoms with Crippen LogP contribution in [-0.4, -0.2) is 28.6 Å². The van der Waals surface area contributed by atoms with Crippen molar-refractivity contribution in [3.63, 3.8) is 0 Å². The summed E-state index contributed by atoms with van der Waals surface area (Å²) in [5.41, 5.74) is 7.24. The van der Waals surface area contributed by atoms with Crippen LogP contribution in [-0.2, 0) is 6.42 Å². The van der Waals surface area contributed by atoms with Crippen molar-refractivity contribution >= 4 is 23.2 Å². The normalized spacial score (nSPS) is 11.9. The summed E-state index contributed by atoms with van der Waals surface area (Å²) in [5.74, 6) is -0.383. The van der Waals surface area contributed by atoms with E-state index in [2.05, 4.69) is 10.3 Å². The first-order chi connectivity index (χ1) is 10.1. The lowest BCUT2D eigenvalue weighted by Crippen LogP contribution is -2.39. The Labute approximate surface area is 127 Å². The highest BCUT2D eigenvalue weighted by Gasteiger charge is 2.16. The molecule has 0 fully saturated rings. The molecule has 0 aliphatic heterocycles.